The lowest BCUT2D eigenvalue weighted by molar-refractivity contribution is -0.128. The van der Waals surface area contributed by atoms with E-state index in [4.69, 9.17) is 10.5 Å². The van der Waals surface area contributed by atoms with Gasteiger partial charge in [-0.15, -0.1) is 0 Å². The third-order valence-corrected chi connectivity index (χ3v) is 7.36. The van der Waals surface area contributed by atoms with Crippen LogP contribution in [0.5, 0.6) is 6.01 Å². The fourth-order valence-electron chi connectivity index (χ4n) is 4.83. The molecule has 1 aromatic carbocycles. The third-order valence-electron chi connectivity index (χ3n) is 7.36. The number of anilines is 1. The smallest absolute Gasteiger partial charge is 0.328 e. The SMILES string of the molecule is CCCCOc1nc(N)c2[nH]c(=O)n(Cc3ccc(CN4CCC(CCNC(=O)C(C)(C)C)CC4)cc3)c2n1. The quantitative estimate of drug-likeness (QED) is 0.318. The number of nitrogen functional groups attached to an aromatic ring is 1. The lowest BCUT2D eigenvalue weighted by atomic mass is 9.92. The number of ether oxygens (including phenoxy) is 1. The number of carbonyl (C=O) groups excluding carboxylic acids is 1. The molecule has 0 saturated carbocycles. The van der Waals surface area contributed by atoms with Crippen molar-refractivity contribution in [1.82, 2.24) is 29.7 Å². The number of carbonyl (C=O) groups is 1. The highest BCUT2D eigenvalue weighted by molar-refractivity contribution is 5.82. The molecule has 3 heterocycles. The summed E-state index contributed by atoms with van der Waals surface area (Å²) in [6, 6.07) is 8.58. The lowest BCUT2D eigenvalue weighted by Gasteiger charge is -2.32. The van der Waals surface area contributed by atoms with Gasteiger partial charge in [0.05, 0.1) is 13.2 Å². The minimum Gasteiger partial charge on any atom is -0.463 e. The fourth-order valence-corrected chi connectivity index (χ4v) is 4.83. The molecule has 10 nitrogen and oxygen atoms in total. The Morgan fingerprint density at radius 1 is 1.13 bits per heavy atom. The normalized spacial score (nSPS) is 15.1. The van der Waals surface area contributed by atoms with E-state index in [0.29, 0.717) is 30.2 Å². The van der Waals surface area contributed by atoms with Gasteiger partial charge in [0.15, 0.2) is 11.5 Å². The van der Waals surface area contributed by atoms with Gasteiger partial charge >= 0.3 is 11.7 Å². The van der Waals surface area contributed by atoms with E-state index in [1.807, 2.05) is 20.8 Å². The molecule has 0 atom stereocenters. The van der Waals surface area contributed by atoms with Gasteiger partial charge in [-0.2, -0.15) is 9.97 Å². The number of nitrogens with one attached hydrogen (secondary N) is 2. The minimum atomic E-state index is -0.334. The van der Waals surface area contributed by atoms with Crippen LogP contribution in [0.3, 0.4) is 0 Å². The van der Waals surface area contributed by atoms with Gasteiger partial charge in [0.2, 0.25) is 5.91 Å². The predicted octanol–water partition coefficient (Wildman–Crippen LogP) is 3.69. The summed E-state index contributed by atoms with van der Waals surface area (Å²) in [5.74, 6) is 0.987. The van der Waals surface area contributed by atoms with Crippen LogP contribution < -0.4 is 21.5 Å². The lowest BCUT2D eigenvalue weighted by Crippen LogP contribution is -2.37. The molecular formula is C29H43N7O3. The number of nitrogens with two attached hydrogens (primary N) is 1. The number of H-pyrrole nitrogens is 1. The summed E-state index contributed by atoms with van der Waals surface area (Å²) in [7, 11) is 0. The molecule has 0 radical (unpaired) electrons. The molecule has 10 heteroatoms. The zero-order valence-electron chi connectivity index (χ0n) is 23.8. The second-order valence-corrected chi connectivity index (χ2v) is 11.6. The van der Waals surface area contributed by atoms with E-state index >= 15 is 0 Å². The Bertz CT molecular complexity index is 1300. The number of fused-ring (bicyclic) bond motifs is 1. The van der Waals surface area contributed by atoms with Crippen LogP contribution >= 0.6 is 0 Å². The van der Waals surface area contributed by atoms with E-state index < -0.39 is 0 Å². The van der Waals surface area contributed by atoms with Crippen molar-refractivity contribution in [3.05, 3.63) is 45.9 Å². The molecule has 4 N–H and O–H groups in total. The van der Waals surface area contributed by atoms with Crippen LogP contribution in [0.4, 0.5) is 5.82 Å². The highest BCUT2D eigenvalue weighted by Crippen LogP contribution is 2.23. The zero-order chi connectivity index (χ0) is 28.0. The van der Waals surface area contributed by atoms with Gasteiger partial charge in [-0.05, 0) is 55.8 Å². The summed E-state index contributed by atoms with van der Waals surface area (Å²) in [6.45, 7) is 12.6. The topological polar surface area (TPSA) is 131 Å². The largest absolute Gasteiger partial charge is 0.463 e. The highest BCUT2D eigenvalue weighted by atomic mass is 16.5. The molecule has 4 rings (SSSR count). The Balaban J connectivity index is 1.30. The van der Waals surface area contributed by atoms with Crippen molar-refractivity contribution in [2.45, 2.75) is 72.9 Å². The Morgan fingerprint density at radius 3 is 2.44 bits per heavy atom. The first-order valence-electron chi connectivity index (χ1n) is 14.1. The number of hydrogen-bond donors (Lipinski definition) is 3. The van der Waals surface area contributed by atoms with Crippen molar-refractivity contribution in [1.29, 1.82) is 0 Å². The van der Waals surface area contributed by atoms with Gasteiger partial charge in [0.1, 0.15) is 5.52 Å². The maximum Gasteiger partial charge on any atom is 0.328 e. The van der Waals surface area contributed by atoms with Crippen LogP contribution in [0, 0.1) is 11.3 Å². The summed E-state index contributed by atoms with van der Waals surface area (Å²) < 4.78 is 7.21. The molecule has 1 amide bonds. The summed E-state index contributed by atoms with van der Waals surface area (Å²) in [5, 5.41) is 3.08. The summed E-state index contributed by atoms with van der Waals surface area (Å²) in [5.41, 5.74) is 8.59. The van der Waals surface area contributed by atoms with Crippen LogP contribution in [0.15, 0.2) is 29.1 Å². The number of imidazole rings is 1. The van der Waals surface area contributed by atoms with Crippen molar-refractivity contribution >= 4 is 22.9 Å². The Hall–Kier alpha value is -3.40. The van der Waals surface area contributed by atoms with Crippen molar-refractivity contribution in [2.75, 3.05) is 32.0 Å². The number of amides is 1. The monoisotopic (exact) mass is 537 g/mol. The zero-order valence-corrected chi connectivity index (χ0v) is 23.8. The second-order valence-electron chi connectivity index (χ2n) is 11.6. The molecule has 212 valence electrons. The molecule has 39 heavy (non-hydrogen) atoms. The van der Waals surface area contributed by atoms with E-state index in [2.05, 4.69) is 56.4 Å². The van der Waals surface area contributed by atoms with Crippen LogP contribution in [-0.4, -0.2) is 56.6 Å². The molecule has 0 bridgehead atoms. The van der Waals surface area contributed by atoms with Gasteiger partial charge in [0.25, 0.3) is 0 Å². The summed E-state index contributed by atoms with van der Waals surface area (Å²) in [6.07, 6.45) is 5.24. The number of benzene rings is 1. The van der Waals surface area contributed by atoms with E-state index in [9.17, 15) is 9.59 Å². The molecule has 1 fully saturated rings. The Labute approximate surface area is 230 Å². The van der Waals surface area contributed by atoms with Crippen molar-refractivity contribution in [3.63, 3.8) is 0 Å². The Morgan fingerprint density at radius 2 is 1.79 bits per heavy atom. The van der Waals surface area contributed by atoms with E-state index in [-0.39, 0.29) is 28.8 Å². The fraction of sp³-hybridized carbons (Fsp3) is 0.586. The Kier molecular flexibility index (Phi) is 9.27. The van der Waals surface area contributed by atoms with Crippen LogP contribution in [0.1, 0.15) is 70.9 Å². The average molecular weight is 538 g/mol. The second kappa shape index (κ2) is 12.6. The first kappa shape index (κ1) is 28.6. The molecule has 1 aliphatic heterocycles. The maximum absolute atomic E-state index is 12.7. The van der Waals surface area contributed by atoms with Gasteiger partial charge < -0.3 is 20.8 Å². The first-order chi connectivity index (χ1) is 18.6. The molecule has 2 aromatic heterocycles. The van der Waals surface area contributed by atoms with Crippen LogP contribution in [0.2, 0.25) is 0 Å². The average Bonchev–Trinajstić information content (AvgIpc) is 3.21. The van der Waals surface area contributed by atoms with E-state index in [1.165, 1.54) is 5.56 Å². The maximum atomic E-state index is 12.7. The molecule has 0 aliphatic carbocycles. The van der Waals surface area contributed by atoms with Crippen LogP contribution in [0.25, 0.3) is 11.2 Å². The number of aromatic amines is 1. The minimum absolute atomic E-state index is 0.122. The molecule has 3 aromatic rings. The summed E-state index contributed by atoms with van der Waals surface area (Å²) in [4.78, 5) is 38.6. The molecule has 0 unspecified atom stereocenters. The van der Waals surface area contributed by atoms with Gasteiger partial charge in [-0.3, -0.25) is 14.3 Å². The van der Waals surface area contributed by atoms with Gasteiger partial charge in [-0.1, -0.05) is 58.4 Å². The molecular weight excluding hydrogens is 494 g/mol. The van der Waals surface area contributed by atoms with E-state index in [1.54, 1.807) is 4.57 Å². The predicted molar refractivity (Wildman–Crippen MR) is 154 cm³/mol. The number of rotatable bonds is 11. The number of aromatic nitrogens is 4. The third kappa shape index (κ3) is 7.59. The standard InChI is InChI=1S/C29H43N7O3/c1-5-6-17-39-27-33-24(30)23-25(34-27)36(28(38)32-23)19-22-9-7-21(8-10-22)18-35-15-12-20(13-16-35)11-14-31-26(37)29(2,3)4/h7-10,20H,5-6,11-19H2,1-4H3,(H,31,37)(H,32,38)(H2,30,33,34). The molecule has 1 saturated heterocycles. The van der Waals surface area contributed by atoms with Gasteiger partial charge in [0, 0.05) is 18.5 Å². The van der Waals surface area contributed by atoms with Gasteiger partial charge in [-0.25, -0.2) is 4.79 Å². The number of nitrogens with zero attached hydrogens (tertiary/aromatic N) is 4. The molecule has 1 aliphatic rings. The highest BCUT2D eigenvalue weighted by Gasteiger charge is 2.23. The molecule has 0 spiro atoms. The first-order valence-corrected chi connectivity index (χ1v) is 14.1. The number of piperidine rings is 1. The van der Waals surface area contributed by atoms with Crippen LogP contribution in [-0.2, 0) is 17.9 Å². The van der Waals surface area contributed by atoms with E-state index in [0.717, 1.165) is 63.8 Å². The summed E-state index contributed by atoms with van der Waals surface area (Å²) >= 11 is 0. The van der Waals surface area contributed by atoms with Crippen molar-refractivity contribution in [2.24, 2.45) is 11.3 Å². The van der Waals surface area contributed by atoms with Crippen molar-refractivity contribution in [3.8, 4) is 6.01 Å². The van der Waals surface area contributed by atoms with Crippen molar-refractivity contribution < 1.29 is 9.53 Å². The number of unbranched alkanes of at least 4 members (excludes halogenated alkanes) is 1. The number of hydrogen-bond acceptors (Lipinski definition) is 7. The number of likely N-dealkylation sites (tertiary alicyclic amines) is 1.